The van der Waals surface area contributed by atoms with Gasteiger partial charge >= 0.3 is 5.97 Å². The molecule has 3 aromatic carbocycles. The Labute approximate surface area is 188 Å². The van der Waals surface area contributed by atoms with Crippen molar-refractivity contribution in [3.8, 4) is 5.75 Å². The fraction of sp³-hybridized carbons (Fsp3) is 0.167. The van der Waals surface area contributed by atoms with E-state index in [1.165, 1.54) is 42.5 Å². The molecular weight excluding hydrogens is 440 g/mol. The highest BCUT2D eigenvalue weighted by atomic mass is 35.5. The number of amides is 1. The van der Waals surface area contributed by atoms with E-state index in [2.05, 4.69) is 5.32 Å². The van der Waals surface area contributed by atoms with Gasteiger partial charge in [0, 0.05) is 17.0 Å². The molecule has 0 saturated carbocycles. The molecule has 32 heavy (non-hydrogen) atoms. The number of ether oxygens (including phenoxy) is 1. The van der Waals surface area contributed by atoms with Crippen LogP contribution in [0, 0.1) is 11.6 Å². The first-order valence-corrected chi connectivity index (χ1v) is 10.1. The third-order valence-electron chi connectivity index (χ3n) is 4.86. The van der Waals surface area contributed by atoms with Gasteiger partial charge in [0.05, 0.1) is 23.8 Å². The second-order valence-electron chi connectivity index (χ2n) is 7.06. The summed E-state index contributed by atoms with van der Waals surface area (Å²) in [6.07, 6.45) is -0.0193. The van der Waals surface area contributed by atoms with E-state index in [1.54, 1.807) is 25.1 Å². The van der Waals surface area contributed by atoms with Crippen molar-refractivity contribution < 1.29 is 28.2 Å². The van der Waals surface area contributed by atoms with Crippen LogP contribution >= 0.6 is 11.6 Å². The molecule has 0 aliphatic rings. The summed E-state index contributed by atoms with van der Waals surface area (Å²) in [7, 11) is 0. The van der Waals surface area contributed by atoms with Gasteiger partial charge in [-0.05, 0) is 55.0 Å². The molecule has 2 N–H and O–H groups in total. The predicted octanol–water partition coefficient (Wildman–Crippen LogP) is 5.43. The minimum Gasteiger partial charge on any atom is -0.492 e. The van der Waals surface area contributed by atoms with Gasteiger partial charge < -0.3 is 15.2 Å². The number of hydrogen-bond acceptors (Lipinski definition) is 3. The summed E-state index contributed by atoms with van der Waals surface area (Å²) in [5.41, 5.74) is 0.929. The van der Waals surface area contributed by atoms with E-state index >= 15 is 0 Å². The average Bonchev–Trinajstić information content (AvgIpc) is 2.76. The molecule has 0 bridgehead atoms. The molecule has 1 unspecified atom stereocenters. The second-order valence-corrected chi connectivity index (χ2v) is 7.50. The number of hydrogen-bond donors (Lipinski definition) is 2. The molecule has 166 valence electrons. The molecule has 5 nitrogen and oxygen atoms in total. The van der Waals surface area contributed by atoms with Crippen molar-refractivity contribution in [2.24, 2.45) is 0 Å². The highest BCUT2D eigenvalue weighted by molar-refractivity contribution is 6.31. The van der Waals surface area contributed by atoms with Crippen LogP contribution in [-0.4, -0.2) is 23.6 Å². The van der Waals surface area contributed by atoms with Crippen LogP contribution in [-0.2, 0) is 6.42 Å². The maximum absolute atomic E-state index is 13.8. The standard InChI is InChI=1S/C24H20ClF2NO4/c1-14(15-5-7-16(8-6-15)24(30)31)28-23(29)19-13-17(25)9-10-22(19)32-12-11-18-20(26)3-2-4-21(18)27/h2-10,13-14H,11-12H2,1H3,(H,28,29)(H,30,31). The maximum atomic E-state index is 13.8. The average molecular weight is 460 g/mol. The summed E-state index contributed by atoms with van der Waals surface area (Å²) in [6, 6.07) is 13.8. The summed E-state index contributed by atoms with van der Waals surface area (Å²) in [5, 5.41) is 12.1. The monoisotopic (exact) mass is 459 g/mol. The Balaban J connectivity index is 1.70. The lowest BCUT2D eigenvalue weighted by molar-refractivity contribution is 0.0696. The highest BCUT2D eigenvalue weighted by Gasteiger charge is 2.18. The quantitative estimate of drug-likeness (QED) is 0.471. The molecule has 8 heteroatoms. The van der Waals surface area contributed by atoms with Gasteiger partial charge in [-0.1, -0.05) is 29.8 Å². The molecule has 3 rings (SSSR count). The van der Waals surface area contributed by atoms with E-state index < -0.39 is 29.6 Å². The molecule has 3 aromatic rings. The molecule has 1 atom stereocenters. The Kier molecular flexibility index (Phi) is 7.43. The summed E-state index contributed by atoms with van der Waals surface area (Å²) in [6.45, 7) is 1.70. The van der Waals surface area contributed by atoms with Gasteiger partial charge in [-0.25, -0.2) is 13.6 Å². The van der Waals surface area contributed by atoms with Crippen LogP contribution in [0.2, 0.25) is 5.02 Å². The Morgan fingerprint density at radius 1 is 1.06 bits per heavy atom. The van der Waals surface area contributed by atoms with Gasteiger partial charge in [0.25, 0.3) is 5.91 Å². The lowest BCUT2D eigenvalue weighted by atomic mass is 10.1. The zero-order valence-corrected chi connectivity index (χ0v) is 17.8. The van der Waals surface area contributed by atoms with E-state index in [0.717, 1.165) is 0 Å². The van der Waals surface area contributed by atoms with Gasteiger partial charge in [-0.3, -0.25) is 4.79 Å². The van der Waals surface area contributed by atoms with E-state index in [1.807, 2.05) is 0 Å². The normalized spacial score (nSPS) is 11.6. The Morgan fingerprint density at radius 3 is 2.34 bits per heavy atom. The van der Waals surface area contributed by atoms with Crippen LogP contribution in [0.4, 0.5) is 8.78 Å². The number of nitrogens with one attached hydrogen (secondary N) is 1. The van der Waals surface area contributed by atoms with Crippen molar-refractivity contribution in [2.75, 3.05) is 6.61 Å². The SMILES string of the molecule is CC(NC(=O)c1cc(Cl)ccc1OCCc1c(F)cccc1F)c1ccc(C(=O)O)cc1. The lowest BCUT2D eigenvalue weighted by Gasteiger charge is -2.17. The minimum atomic E-state index is -1.04. The number of halogens is 3. The van der Waals surface area contributed by atoms with E-state index in [-0.39, 0.29) is 35.5 Å². The fourth-order valence-electron chi connectivity index (χ4n) is 3.11. The Hall–Kier alpha value is -3.45. The highest BCUT2D eigenvalue weighted by Crippen LogP contribution is 2.25. The van der Waals surface area contributed by atoms with Crippen molar-refractivity contribution in [1.29, 1.82) is 0 Å². The van der Waals surface area contributed by atoms with Crippen LogP contribution in [0.25, 0.3) is 0 Å². The number of benzene rings is 3. The van der Waals surface area contributed by atoms with Gasteiger partial charge in [-0.2, -0.15) is 0 Å². The smallest absolute Gasteiger partial charge is 0.335 e. The Bertz CT molecular complexity index is 1120. The largest absolute Gasteiger partial charge is 0.492 e. The first-order valence-electron chi connectivity index (χ1n) is 9.75. The fourth-order valence-corrected chi connectivity index (χ4v) is 3.28. The van der Waals surface area contributed by atoms with Crippen LogP contribution in [0.5, 0.6) is 5.75 Å². The van der Waals surface area contributed by atoms with Gasteiger partial charge in [0.15, 0.2) is 0 Å². The number of carboxylic acids is 1. The van der Waals surface area contributed by atoms with Crippen molar-refractivity contribution in [1.82, 2.24) is 5.32 Å². The van der Waals surface area contributed by atoms with Crippen molar-refractivity contribution in [3.05, 3.63) is 99.6 Å². The topological polar surface area (TPSA) is 75.6 Å². The van der Waals surface area contributed by atoms with Crippen LogP contribution in [0.1, 0.15) is 44.8 Å². The van der Waals surface area contributed by atoms with Crippen molar-refractivity contribution in [3.63, 3.8) is 0 Å². The second kappa shape index (κ2) is 10.2. The molecule has 1 amide bonds. The van der Waals surface area contributed by atoms with Gasteiger partial charge in [-0.15, -0.1) is 0 Å². The van der Waals surface area contributed by atoms with Crippen molar-refractivity contribution in [2.45, 2.75) is 19.4 Å². The third-order valence-corrected chi connectivity index (χ3v) is 5.10. The summed E-state index contributed by atoms with van der Waals surface area (Å²) < 4.78 is 33.2. The molecule has 0 spiro atoms. The summed E-state index contributed by atoms with van der Waals surface area (Å²) >= 11 is 6.04. The Morgan fingerprint density at radius 2 is 1.72 bits per heavy atom. The van der Waals surface area contributed by atoms with Crippen LogP contribution in [0.15, 0.2) is 60.7 Å². The summed E-state index contributed by atoms with van der Waals surface area (Å²) in [4.78, 5) is 23.8. The van der Waals surface area contributed by atoms with E-state index in [9.17, 15) is 18.4 Å². The number of carboxylic acid groups (broad SMARTS) is 1. The van der Waals surface area contributed by atoms with Crippen LogP contribution < -0.4 is 10.1 Å². The van der Waals surface area contributed by atoms with E-state index in [0.29, 0.717) is 10.6 Å². The molecule has 0 aliphatic heterocycles. The number of carbonyl (C=O) groups excluding carboxylic acids is 1. The molecule has 0 aliphatic carbocycles. The third kappa shape index (κ3) is 5.62. The summed E-state index contributed by atoms with van der Waals surface area (Å²) in [5.74, 6) is -2.61. The zero-order chi connectivity index (χ0) is 23.3. The molecule has 0 fully saturated rings. The first kappa shape index (κ1) is 23.2. The molecule has 0 heterocycles. The number of carbonyl (C=O) groups is 2. The zero-order valence-electron chi connectivity index (χ0n) is 17.1. The lowest BCUT2D eigenvalue weighted by Crippen LogP contribution is -2.27. The van der Waals surface area contributed by atoms with Crippen LogP contribution in [0.3, 0.4) is 0 Å². The maximum Gasteiger partial charge on any atom is 0.335 e. The molecule has 0 aromatic heterocycles. The van der Waals surface area contributed by atoms with Crippen molar-refractivity contribution >= 4 is 23.5 Å². The number of aromatic carboxylic acids is 1. The minimum absolute atomic E-state index is 0.0193. The van der Waals surface area contributed by atoms with Gasteiger partial charge in [0.2, 0.25) is 0 Å². The van der Waals surface area contributed by atoms with E-state index in [4.69, 9.17) is 21.4 Å². The number of rotatable bonds is 8. The predicted molar refractivity (Wildman–Crippen MR) is 116 cm³/mol. The van der Waals surface area contributed by atoms with Gasteiger partial charge in [0.1, 0.15) is 17.4 Å². The first-order chi connectivity index (χ1) is 15.3. The molecule has 0 saturated heterocycles. The molecule has 0 radical (unpaired) electrons. The molecular formula is C24H20ClF2NO4.